The number of nitrogens with two attached hydrogens (primary N) is 2. The number of nitrogen functional groups attached to an aromatic ring is 1. The number of hydrogen-bond acceptors (Lipinski definition) is 22. The molecule has 0 radical (unpaired) electrons. The lowest BCUT2D eigenvalue weighted by Gasteiger charge is -2.43. The van der Waals surface area contributed by atoms with Crippen molar-refractivity contribution in [3.8, 4) is 90.5 Å². The third-order valence-electron chi connectivity index (χ3n) is 22.5. The van der Waals surface area contributed by atoms with Crippen molar-refractivity contribution in [2.75, 3.05) is 5.43 Å². The van der Waals surface area contributed by atoms with Crippen molar-refractivity contribution in [2.45, 2.75) is 127 Å². The lowest BCUT2D eigenvalue weighted by atomic mass is 9.71. The summed E-state index contributed by atoms with van der Waals surface area (Å²) in [6, 6.07) is 73.4. The molecule has 20 rings (SSSR count). The maximum Gasteiger partial charge on any atom is 0.408 e. The quantitative estimate of drug-likeness (QED) is 0.0410. The summed E-state index contributed by atoms with van der Waals surface area (Å²) in [5, 5.41) is 35.0. The number of alkyl carbamates (subject to hydrolysis) is 2. The van der Waals surface area contributed by atoms with Gasteiger partial charge in [-0.2, -0.15) is 0 Å². The summed E-state index contributed by atoms with van der Waals surface area (Å²) in [6.07, 6.45) is 23.2. The predicted molar refractivity (Wildman–Crippen MR) is 492 cm³/mol. The number of carboxylic acid groups (broad SMARTS) is 1. The Morgan fingerprint density at radius 2 is 0.746 bits per heavy atom. The molecule has 0 atom stereocenters. The summed E-state index contributed by atoms with van der Waals surface area (Å²) in [4.78, 5) is 79.3. The number of rotatable bonds is 15. The predicted octanol–water partition coefficient (Wildman–Crippen LogP) is 19.6. The van der Waals surface area contributed by atoms with E-state index in [0.29, 0.717) is 34.8 Å². The number of nitrogens with zero attached hydrogens (tertiary/aromatic N) is 16. The highest BCUT2D eigenvalue weighted by molar-refractivity contribution is 6.01. The molecule has 0 spiro atoms. The topological polar surface area (TPSA) is 367 Å². The number of anilines is 1. The van der Waals surface area contributed by atoms with Crippen molar-refractivity contribution in [1.29, 1.82) is 0 Å². The van der Waals surface area contributed by atoms with Gasteiger partial charge in [-0.1, -0.05) is 164 Å². The molecule has 17 aromatic rings. The molecule has 11 aromatic heterocycles. The molecule has 0 bridgehead atoms. The van der Waals surface area contributed by atoms with Crippen LogP contribution >= 0.6 is 24.8 Å². The monoisotopic (exact) mass is 1720 g/mol. The van der Waals surface area contributed by atoms with Crippen LogP contribution in [0.2, 0.25) is 0 Å². The van der Waals surface area contributed by atoms with Crippen LogP contribution in [0.1, 0.15) is 127 Å². The van der Waals surface area contributed by atoms with E-state index >= 15 is 0 Å². The van der Waals surface area contributed by atoms with Crippen molar-refractivity contribution >= 4 is 92.8 Å². The Morgan fingerprint density at radius 1 is 0.397 bits per heavy atom. The van der Waals surface area contributed by atoms with Gasteiger partial charge in [-0.05, 0) is 187 Å². The molecule has 0 unspecified atom stereocenters. The molecule has 3 fully saturated rings. The molecule has 634 valence electrons. The van der Waals surface area contributed by atoms with Gasteiger partial charge in [0.05, 0.1) is 44.7 Å². The number of hydrogen-bond donors (Lipinski definition) is 6. The maximum atomic E-state index is 12.7. The molecule has 3 aliphatic carbocycles. The number of halogens is 2. The van der Waals surface area contributed by atoms with Gasteiger partial charge in [0.25, 0.3) is 0 Å². The minimum atomic E-state index is -1.10. The molecule has 126 heavy (non-hydrogen) atoms. The van der Waals surface area contributed by atoms with E-state index in [1.54, 1.807) is 49.2 Å². The number of amides is 2. The standard InChI is InChI=1S/C34H31N7O2.C29H23N7.C29H31N5O2.C5H4N2O2.2ClH/c1-33(2,3)43-32(42)38-34(16-7-17-34)24-13-11-23(12-14-24)28-25(22-9-5-4-6-10-22)21-26-27(37-28)15-20-41-30(26)39-40-31(41)29-35-18-8-19-36-29;30-29(13-4-14-29)21-10-8-20(9-11-21)25-22(19-6-2-1-3-7-19)18-23-24(33-25)12-17-36-27(23)34-35-28(36)26-31-15-5-16-32-26;1-28(2,3)36-27(35)33-29(15-7-16-29)21-12-10-20(11-13-21)25-22(19-8-5-4-6-9-19)18-23-24(32-25)14-17-31-26(23)34-30;8-5(9)4-6-2-1-3-7-4;;/h4-6,8-15,18-21H,7,16-17H2,1-3H3,(H,38,42);1-3,5-12,15-18H,4,13-14,30H2;4-6,8-14,17-18H,7,15-16,30H2,1-3H3,(H,31,34)(H,33,35);1-3H,(H,8,9);2*1H. The van der Waals surface area contributed by atoms with Crippen LogP contribution < -0.4 is 27.6 Å². The molecule has 27 nitrogen and oxygen atoms in total. The van der Waals surface area contributed by atoms with E-state index in [1.807, 2.05) is 136 Å². The lowest BCUT2D eigenvalue weighted by Crippen LogP contribution is -2.52. The molecule has 3 aliphatic rings. The first kappa shape index (κ1) is 86.4. The number of pyridine rings is 6. The van der Waals surface area contributed by atoms with Gasteiger partial charge >= 0.3 is 18.2 Å². The number of fused-ring (bicyclic) bond motifs is 7. The number of aromatic carboxylic acids is 1. The Morgan fingerprint density at radius 3 is 1.07 bits per heavy atom. The van der Waals surface area contributed by atoms with Crippen molar-refractivity contribution < 1.29 is 29.0 Å². The highest BCUT2D eigenvalue weighted by atomic mass is 35.5. The smallest absolute Gasteiger partial charge is 0.408 e. The van der Waals surface area contributed by atoms with Crippen LogP contribution in [-0.4, -0.2) is 114 Å². The number of ether oxygens (including phenoxy) is 2. The molecule has 0 aliphatic heterocycles. The van der Waals surface area contributed by atoms with Crippen molar-refractivity contribution in [3.63, 3.8) is 0 Å². The number of carbonyl (C=O) groups excluding carboxylic acids is 2. The van der Waals surface area contributed by atoms with Crippen LogP contribution in [0.15, 0.2) is 274 Å². The Bertz CT molecular complexity index is 6750. The molecule has 6 aromatic carbocycles. The molecular formula is C97H91Cl2N21O6. The van der Waals surface area contributed by atoms with Crippen molar-refractivity contribution in [3.05, 3.63) is 297 Å². The van der Waals surface area contributed by atoms with Gasteiger partial charge in [-0.25, -0.2) is 70.1 Å². The Balaban J connectivity index is 0.000000138. The van der Waals surface area contributed by atoms with Gasteiger partial charge in [0.2, 0.25) is 17.5 Å². The van der Waals surface area contributed by atoms with Crippen LogP contribution in [-0.2, 0) is 26.1 Å². The van der Waals surface area contributed by atoms with Crippen LogP contribution in [0.3, 0.4) is 0 Å². The third-order valence-corrected chi connectivity index (χ3v) is 22.5. The largest absolute Gasteiger partial charge is 0.475 e. The van der Waals surface area contributed by atoms with E-state index < -0.39 is 28.2 Å². The summed E-state index contributed by atoms with van der Waals surface area (Å²) in [7, 11) is 0. The first-order valence-electron chi connectivity index (χ1n) is 41.1. The fourth-order valence-electron chi connectivity index (χ4n) is 15.8. The second-order valence-corrected chi connectivity index (χ2v) is 32.9. The van der Waals surface area contributed by atoms with Crippen LogP contribution in [0.5, 0.6) is 0 Å². The van der Waals surface area contributed by atoms with Gasteiger partial charge in [0.1, 0.15) is 17.0 Å². The summed E-state index contributed by atoms with van der Waals surface area (Å²) >= 11 is 0. The molecule has 29 heteroatoms. The molecule has 11 heterocycles. The summed E-state index contributed by atoms with van der Waals surface area (Å²) < 4.78 is 14.9. The highest BCUT2D eigenvalue weighted by Gasteiger charge is 2.43. The minimum Gasteiger partial charge on any atom is -0.475 e. The van der Waals surface area contributed by atoms with E-state index in [1.165, 1.54) is 24.4 Å². The van der Waals surface area contributed by atoms with Gasteiger partial charge in [0.15, 0.2) is 22.9 Å². The minimum absolute atomic E-state index is 0. The second-order valence-electron chi connectivity index (χ2n) is 32.9. The number of carbonyl (C=O) groups is 3. The fraction of sp³-hybridized carbons (Fsp3) is 0.206. The Hall–Kier alpha value is -14.5. The van der Waals surface area contributed by atoms with E-state index in [9.17, 15) is 14.4 Å². The zero-order chi connectivity index (χ0) is 85.7. The number of hydrazine groups is 1. The summed E-state index contributed by atoms with van der Waals surface area (Å²) in [6.45, 7) is 11.2. The fourth-order valence-corrected chi connectivity index (χ4v) is 15.8. The van der Waals surface area contributed by atoms with Gasteiger partial charge in [0, 0.05) is 111 Å². The number of aromatic nitrogens is 16. The lowest BCUT2D eigenvalue weighted by molar-refractivity contribution is 0.0365. The zero-order valence-electron chi connectivity index (χ0n) is 70.0. The van der Waals surface area contributed by atoms with Gasteiger partial charge in [-0.3, -0.25) is 8.80 Å². The number of benzene rings is 6. The molecule has 8 N–H and O–H groups in total. The third kappa shape index (κ3) is 18.3. The van der Waals surface area contributed by atoms with Crippen LogP contribution in [0, 0.1) is 0 Å². The zero-order valence-corrected chi connectivity index (χ0v) is 71.6. The molecule has 2 amide bonds. The van der Waals surface area contributed by atoms with Crippen LogP contribution in [0.4, 0.5) is 15.4 Å². The van der Waals surface area contributed by atoms with Crippen molar-refractivity contribution in [2.24, 2.45) is 11.6 Å². The van der Waals surface area contributed by atoms with Gasteiger partial charge in [-0.15, -0.1) is 45.2 Å². The number of nitrogens with one attached hydrogen (secondary N) is 3. The number of carboxylic acids is 1. The first-order valence-corrected chi connectivity index (χ1v) is 41.1. The average molecular weight is 1720 g/mol. The van der Waals surface area contributed by atoms with E-state index in [-0.39, 0.29) is 48.4 Å². The van der Waals surface area contributed by atoms with Crippen molar-refractivity contribution in [1.82, 2.24) is 89.7 Å². The Kier molecular flexibility index (Phi) is 25.0. The maximum absolute atomic E-state index is 12.7. The van der Waals surface area contributed by atoms with Crippen LogP contribution in [0.25, 0.3) is 134 Å². The van der Waals surface area contributed by atoms with E-state index in [2.05, 4.69) is 199 Å². The first-order chi connectivity index (χ1) is 60.1. The van der Waals surface area contributed by atoms with E-state index in [4.69, 9.17) is 41.1 Å². The normalized spacial score (nSPS) is 13.9. The average Bonchev–Trinajstić information content (AvgIpc) is 1.45. The Labute approximate surface area is 738 Å². The summed E-state index contributed by atoms with van der Waals surface area (Å²) in [5.41, 5.74) is 26.3. The second kappa shape index (κ2) is 36.5. The highest BCUT2D eigenvalue weighted by Crippen LogP contribution is 2.47. The molecule has 0 saturated heterocycles. The molecular weight excluding hydrogens is 1630 g/mol. The molecule has 3 saturated carbocycles. The van der Waals surface area contributed by atoms with Gasteiger partial charge < -0.3 is 36.4 Å². The van der Waals surface area contributed by atoms with E-state index in [0.717, 1.165) is 168 Å². The SMILES string of the molecule is CC(C)(C)OC(=O)NC1(c2ccc(-c3nc4ccn5c(-c6ncccn6)nnc5c4cc3-c3ccccc3)cc2)CCC1.CC(C)(C)OC(=O)NC1(c2ccc(-c3nc4ccnc(NN)c4cc3-c3ccccc3)cc2)CCC1.Cl.Cl.NC1(c2ccc(-c3nc4ccn5c(-c6ncccn6)nnc5c4cc3-c3ccccc3)cc2)CCC1.O=C(O)c1ncccn1. The summed E-state index contributed by atoms with van der Waals surface area (Å²) in [5.74, 6) is 7.24.